The van der Waals surface area contributed by atoms with Crippen molar-refractivity contribution in [3.8, 4) is 0 Å². The van der Waals surface area contributed by atoms with Crippen LogP contribution in [0, 0.1) is 20.8 Å². The molecule has 50 heavy (non-hydrogen) atoms. The molecule has 0 spiro atoms. The summed E-state index contributed by atoms with van der Waals surface area (Å²) in [6.45, 7) is 55.0. The van der Waals surface area contributed by atoms with Crippen molar-refractivity contribution in [2.45, 2.75) is 214 Å². The van der Waals surface area contributed by atoms with Crippen LogP contribution >= 0.6 is 0 Å². The molecule has 3 rings (SSSR count). The Morgan fingerprint density at radius 2 is 0.740 bits per heavy atom. The molecule has 0 bridgehead atoms. The lowest BCUT2D eigenvalue weighted by atomic mass is 9.79. The third kappa shape index (κ3) is 17.7. The van der Waals surface area contributed by atoms with Gasteiger partial charge < -0.3 is 0 Å². The topological polar surface area (TPSA) is 0 Å². The van der Waals surface area contributed by atoms with E-state index >= 15 is 0 Å². The fourth-order valence-corrected chi connectivity index (χ4v) is 5.85. The number of aryl methyl sites for hydroxylation is 2. The molecule has 0 N–H and O–H groups in total. The second-order valence-corrected chi connectivity index (χ2v) is 16.7. The number of hydrogen-bond acceptors (Lipinski definition) is 0. The van der Waals surface area contributed by atoms with Crippen LogP contribution in [0.3, 0.4) is 0 Å². The fourth-order valence-electron chi connectivity index (χ4n) is 5.85. The largest absolute Gasteiger partial charge is 0.0683 e. The first-order chi connectivity index (χ1) is 23.0. The Bertz CT molecular complexity index is 1280. The highest BCUT2D eigenvalue weighted by atomic mass is 14.3. The van der Waals surface area contributed by atoms with Crippen LogP contribution in [0.5, 0.6) is 0 Å². The summed E-state index contributed by atoms with van der Waals surface area (Å²) >= 11 is 0. The van der Waals surface area contributed by atoms with E-state index in [1.165, 1.54) is 55.6 Å². The fraction of sp³-hybridized carbons (Fsp3) is 0.640. The van der Waals surface area contributed by atoms with Gasteiger partial charge in [-0.25, -0.2) is 0 Å². The zero-order chi connectivity index (χ0) is 40.3. The molecule has 0 fully saturated rings. The van der Waals surface area contributed by atoms with E-state index in [9.17, 15) is 0 Å². The van der Waals surface area contributed by atoms with Crippen molar-refractivity contribution < 1.29 is 0 Å². The van der Waals surface area contributed by atoms with Crippen LogP contribution in [-0.4, -0.2) is 0 Å². The molecule has 0 aromatic heterocycles. The van der Waals surface area contributed by atoms with Gasteiger partial charge in [0.15, 0.2) is 0 Å². The van der Waals surface area contributed by atoms with Crippen LogP contribution in [-0.2, 0) is 10.8 Å². The first-order valence-electron chi connectivity index (χ1n) is 20.3. The smallest absolute Gasteiger partial charge is 0.0129 e. The van der Waals surface area contributed by atoms with Gasteiger partial charge in [0, 0.05) is 0 Å². The van der Waals surface area contributed by atoms with E-state index in [-0.39, 0.29) is 10.8 Å². The summed E-state index contributed by atoms with van der Waals surface area (Å²) in [6, 6.07) is 18.5. The van der Waals surface area contributed by atoms with Gasteiger partial charge in [-0.15, -0.1) is 0 Å². The summed E-state index contributed by atoms with van der Waals surface area (Å²) in [5, 5.41) is 0. The summed E-state index contributed by atoms with van der Waals surface area (Å²) in [7, 11) is 0. The normalized spacial score (nSPS) is 11.0. The molecular formula is C50H88. The quantitative estimate of drug-likeness (QED) is 0.250. The molecular weight excluding hydrogens is 601 g/mol. The van der Waals surface area contributed by atoms with Crippen molar-refractivity contribution in [3.63, 3.8) is 0 Å². The molecule has 0 heterocycles. The van der Waals surface area contributed by atoms with E-state index in [0.29, 0.717) is 29.6 Å². The standard InChI is InChI=1S/C16H26.C15H24.C13H20.3C2H6/c1-10(2)14-8-15(11(3)4)13(7)16(9-14)12(5)6;1-11-8-9-12(14(2,3)4)10-13(11)15(5,6)7;1-9(2)12-7-6-11(5)13(8-12)10(3)4;3*1-2/h8-12H,1-7H3;8-10H,1-7H3;6-10H,1-5H3;3*1-2H3. The Kier molecular flexibility index (Phi) is 25.8. The van der Waals surface area contributed by atoms with E-state index in [1.54, 1.807) is 0 Å². The Balaban J connectivity index is -0.000000617. The molecule has 0 aliphatic rings. The first-order valence-corrected chi connectivity index (χ1v) is 20.3. The maximum Gasteiger partial charge on any atom is -0.0129 e. The van der Waals surface area contributed by atoms with Crippen LogP contribution in [0.2, 0.25) is 0 Å². The van der Waals surface area contributed by atoms with E-state index < -0.39 is 0 Å². The van der Waals surface area contributed by atoms with Crippen molar-refractivity contribution in [2.75, 3.05) is 0 Å². The zero-order valence-electron chi connectivity index (χ0n) is 38.5. The maximum absolute atomic E-state index is 2.40. The lowest BCUT2D eigenvalue weighted by molar-refractivity contribution is 0.566. The maximum atomic E-state index is 2.40. The molecule has 288 valence electrons. The van der Waals surface area contributed by atoms with Gasteiger partial charge in [-0.3, -0.25) is 0 Å². The molecule has 0 aliphatic heterocycles. The summed E-state index contributed by atoms with van der Waals surface area (Å²) in [4.78, 5) is 0. The van der Waals surface area contributed by atoms with Crippen molar-refractivity contribution in [2.24, 2.45) is 0 Å². The third-order valence-electron chi connectivity index (χ3n) is 8.92. The summed E-state index contributed by atoms with van der Waals surface area (Å²) in [5.41, 5.74) is 15.2. The van der Waals surface area contributed by atoms with Gasteiger partial charge in [0.2, 0.25) is 0 Å². The molecule has 0 radical (unpaired) electrons. The number of hydrogen-bond donors (Lipinski definition) is 0. The highest BCUT2D eigenvalue weighted by molar-refractivity contribution is 5.43. The van der Waals surface area contributed by atoms with Gasteiger partial charge in [0.1, 0.15) is 0 Å². The van der Waals surface area contributed by atoms with Gasteiger partial charge in [0.05, 0.1) is 0 Å². The molecule has 3 aromatic carbocycles. The van der Waals surface area contributed by atoms with Crippen LogP contribution < -0.4 is 0 Å². The molecule has 3 aromatic rings. The van der Waals surface area contributed by atoms with Crippen LogP contribution in [0.15, 0.2) is 48.5 Å². The van der Waals surface area contributed by atoms with Gasteiger partial charge in [-0.1, -0.05) is 201 Å². The monoisotopic (exact) mass is 689 g/mol. The average molecular weight is 689 g/mol. The second kappa shape index (κ2) is 24.8. The van der Waals surface area contributed by atoms with Gasteiger partial charge in [0.25, 0.3) is 0 Å². The Morgan fingerprint density at radius 3 is 1.06 bits per heavy atom. The Labute approximate surface area is 316 Å². The lowest BCUT2D eigenvalue weighted by Crippen LogP contribution is -2.17. The van der Waals surface area contributed by atoms with Gasteiger partial charge in [-0.05, 0) is 117 Å². The van der Waals surface area contributed by atoms with E-state index in [2.05, 4.69) is 180 Å². The van der Waals surface area contributed by atoms with Crippen LogP contribution in [0.25, 0.3) is 0 Å². The zero-order valence-corrected chi connectivity index (χ0v) is 38.5. The van der Waals surface area contributed by atoms with Crippen LogP contribution in [0.4, 0.5) is 0 Å². The predicted octanol–water partition coefficient (Wildman–Crippen LogP) is 17.3. The molecule has 0 saturated heterocycles. The molecule has 0 saturated carbocycles. The molecule has 0 nitrogen and oxygen atoms in total. The van der Waals surface area contributed by atoms with Gasteiger partial charge >= 0.3 is 0 Å². The minimum atomic E-state index is 0.241. The number of benzene rings is 3. The van der Waals surface area contributed by atoms with Crippen molar-refractivity contribution in [1.29, 1.82) is 0 Å². The number of rotatable bonds is 5. The van der Waals surface area contributed by atoms with E-state index in [4.69, 9.17) is 0 Å². The SMILES string of the molecule is CC.CC.CC.Cc1c(C(C)C)cc(C(C)C)cc1C(C)C.Cc1ccc(C(C)(C)C)cc1C(C)(C)C.Cc1ccc(C(C)C)cc1C(C)C. The molecule has 0 aliphatic carbocycles. The summed E-state index contributed by atoms with van der Waals surface area (Å²) in [5.74, 6) is 3.14. The summed E-state index contributed by atoms with van der Waals surface area (Å²) in [6.07, 6.45) is 0. The Morgan fingerprint density at radius 1 is 0.380 bits per heavy atom. The predicted molar refractivity (Wildman–Crippen MR) is 235 cm³/mol. The molecule has 0 heteroatoms. The second-order valence-electron chi connectivity index (χ2n) is 16.7. The van der Waals surface area contributed by atoms with Crippen molar-refractivity contribution in [3.05, 3.63) is 104 Å². The Hall–Kier alpha value is -2.34. The third-order valence-corrected chi connectivity index (χ3v) is 8.92. The molecule has 0 unspecified atom stereocenters. The summed E-state index contributed by atoms with van der Waals surface area (Å²) < 4.78 is 0. The highest BCUT2D eigenvalue weighted by Crippen LogP contribution is 2.32. The molecule has 0 amide bonds. The first kappa shape index (κ1) is 52.0. The highest BCUT2D eigenvalue weighted by Gasteiger charge is 2.20. The lowest BCUT2D eigenvalue weighted by Gasteiger charge is -2.26. The minimum absolute atomic E-state index is 0.241. The van der Waals surface area contributed by atoms with Crippen molar-refractivity contribution >= 4 is 0 Å². The van der Waals surface area contributed by atoms with Crippen LogP contribution in [0.1, 0.15) is 238 Å². The van der Waals surface area contributed by atoms with E-state index in [1.807, 2.05) is 41.5 Å². The van der Waals surface area contributed by atoms with Gasteiger partial charge in [-0.2, -0.15) is 0 Å². The molecule has 0 atom stereocenters. The van der Waals surface area contributed by atoms with Crippen molar-refractivity contribution in [1.82, 2.24) is 0 Å². The minimum Gasteiger partial charge on any atom is -0.0683 e. The van der Waals surface area contributed by atoms with E-state index in [0.717, 1.165) is 0 Å². The average Bonchev–Trinajstić information content (AvgIpc) is 3.03.